The summed E-state index contributed by atoms with van der Waals surface area (Å²) < 4.78 is 6.19. The van der Waals surface area contributed by atoms with Gasteiger partial charge in [0.2, 0.25) is 5.91 Å². The van der Waals surface area contributed by atoms with Crippen LogP contribution in [0.2, 0.25) is 0 Å². The number of hydrogen-bond donors (Lipinski definition) is 2. The van der Waals surface area contributed by atoms with Crippen LogP contribution in [0, 0.1) is 6.92 Å². The van der Waals surface area contributed by atoms with Gasteiger partial charge in [-0.15, -0.1) is 0 Å². The van der Waals surface area contributed by atoms with Crippen molar-refractivity contribution >= 4 is 28.3 Å². The van der Waals surface area contributed by atoms with Gasteiger partial charge < -0.3 is 34.4 Å². The number of amides is 1. The molecular formula is C31H41N7O3. The maximum atomic E-state index is 12.2. The van der Waals surface area contributed by atoms with Gasteiger partial charge in [-0.1, -0.05) is 13.0 Å². The van der Waals surface area contributed by atoms with Gasteiger partial charge in [0.25, 0.3) is 0 Å². The van der Waals surface area contributed by atoms with Crippen molar-refractivity contribution in [3.63, 3.8) is 0 Å². The molecule has 10 nitrogen and oxygen atoms in total. The Balaban J connectivity index is 1.24. The van der Waals surface area contributed by atoms with E-state index in [0.717, 1.165) is 65.3 Å². The smallest absolute Gasteiger partial charge is 0.318 e. The van der Waals surface area contributed by atoms with Crippen molar-refractivity contribution in [2.75, 3.05) is 68.8 Å². The van der Waals surface area contributed by atoms with Gasteiger partial charge in [-0.25, -0.2) is 0 Å². The van der Waals surface area contributed by atoms with Crippen molar-refractivity contribution in [3.05, 3.63) is 47.8 Å². The van der Waals surface area contributed by atoms with Crippen LogP contribution in [-0.2, 0) is 17.8 Å². The lowest BCUT2D eigenvalue weighted by Gasteiger charge is -2.38. The number of nitrogens with zero attached hydrogens (tertiary/aromatic N) is 6. The van der Waals surface area contributed by atoms with Crippen LogP contribution in [0.5, 0.6) is 11.8 Å². The van der Waals surface area contributed by atoms with Crippen molar-refractivity contribution in [2.24, 2.45) is 0 Å². The summed E-state index contributed by atoms with van der Waals surface area (Å²) >= 11 is 0. The van der Waals surface area contributed by atoms with Crippen LogP contribution in [0.4, 0.5) is 11.5 Å². The van der Waals surface area contributed by atoms with E-state index in [9.17, 15) is 9.90 Å². The highest BCUT2D eigenvalue weighted by Crippen LogP contribution is 2.36. The summed E-state index contributed by atoms with van der Waals surface area (Å²) in [5, 5.41) is 11.5. The molecule has 3 aliphatic rings. The van der Waals surface area contributed by atoms with Gasteiger partial charge in [-0.05, 0) is 63.9 Å². The van der Waals surface area contributed by atoms with E-state index in [1.54, 1.807) is 6.07 Å². The molecule has 6 rings (SSSR count). The van der Waals surface area contributed by atoms with Crippen molar-refractivity contribution in [1.29, 1.82) is 0 Å². The van der Waals surface area contributed by atoms with Crippen LogP contribution in [0.1, 0.15) is 42.6 Å². The Kier molecular flexibility index (Phi) is 8.00. The molecule has 5 heterocycles. The number of nitrogens with one attached hydrogen (secondary N) is 1. The second-order valence-electron chi connectivity index (χ2n) is 11.4. The third-order valence-electron chi connectivity index (χ3n) is 8.55. The molecule has 2 fully saturated rings. The number of aromatic hydroxyl groups is 1. The maximum Gasteiger partial charge on any atom is 0.318 e. The zero-order valence-corrected chi connectivity index (χ0v) is 24.1. The number of phenolic OH excluding ortho intramolecular Hbond substituents is 1. The quantitative estimate of drug-likeness (QED) is 0.319. The van der Waals surface area contributed by atoms with Crippen molar-refractivity contribution < 1.29 is 14.6 Å². The number of carbonyl (C=O) groups excluding carboxylic acids is 1. The van der Waals surface area contributed by atoms with E-state index < -0.39 is 0 Å². The standard InChI is InChI=1S/C31H41N7O3/c1-3-28(40)36-13-15-37(16-14-36)30-25-8-12-38(27-20-24(39)19-23-18-22(2)32-29(23)27)21-26(25)33-31(34-30)41-17-7-11-35-9-5-4-6-10-35/h3,18-20,32,39H,1,4-17,21H2,2H3. The molecule has 1 amide bonds. The summed E-state index contributed by atoms with van der Waals surface area (Å²) in [4.78, 5) is 34.4. The van der Waals surface area contributed by atoms with Gasteiger partial charge in [-0.2, -0.15) is 9.97 Å². The van der Waals surface area contributed by atoms with E-state index in [4.69, 9.17) is 14.7 Å². The highest BCUT2D eigenvalue weighted by Gasteiger charge is 2.29. The Morgan fingerprint density at radius 1 is 1.05 bits per heavy atom. The lowest BCUT2D eigenvalue weighted by atomic mass is 10.0. The first-order chi connectivity index (χ1) is 20.0. The molecule has 0 spiro atoms. The Bertz CT molecular complexity index is 1410. The molecule has 0 atom stereocenters. The number of H-pyrrole nitrogens is 1. The molecule has 3 aromatic rings. The molecule has 41 heavy (non-hydrogen) atoms. The molecule has 2 N–H and O–H groups in total. The Hall–Kier alpha value is -3.79. The highest BCUT2D eigenvalue weighted by molar-refractivity contribution is 5.93. The van der Waals surface area contributed by atoms with Gasteiger partial charge in [0, 0.05) is 62.0 Å². The number of anilines is 2. The van der Waals surface area contributed by atoms with Gasteiger partial charge in [0.1, 0.15) is 11.6 Å². The Morgan fingerprint density at radius 3 is 2.63 bits per heavy atom. The molecule has 10 heteroatoms. The lowest BCUT2D eigenvalue weighted by molar-refractivity contribution is -0.126. The molecule has 0 unspecified atom stereocenters. The third-order valence-corrected chi connectivity index (χ3v) is 8.55. The average Bonchev–Trinajstić information content (AvgIpc) is 3.38. The number of fused-ring (bicyclic) bond motifs is 2. The van der Waals surface area contributed by atoms with Crippen LogP contribution in [0.15, 0.2) is 30.9 Å². The molecular weight excluding hydrogens is 518 g/mol. The SMILES string of the molecule is C=CC(=O)N1CCN(c2nc(OCCCN3CCCCC3)nc3c2CCN(c2cc(O)cc4cc(C)[nH]c24)C3)CC1. The number of aromatic amines is 1. The number of carbonyl (C=O) groups is 1. The molecule has 0 radical (unpaired) electrons. The molecule has 2 aromatic heterocycles. The molecule has 1 aromatic carbocycles. The van der Waals surface area contributed by atoms with Crippen molar-refractivity contribution in [1.82, 2.24) is 24.8 Å². The first-order valence-corrected chi connectivity index (χ1v) is 15.0. The minimum absolute atomic E-state index is 0.0280. The molecule has 2 saturated heterocycles. The van der Waals surface area contributed by atoms with Gasteiger partial charge in [0.15, 0.2) is 0 Å². The number of benzene rings is 1. The van der Waals surface area contributed by atoms with E-state index in [-0.39, 0.29) is 11.7 Å². The number of aryl methyl sites for hydroxylation is 1. The normalized spacial score (nSPS) is 18.0. The fraction of sp³-hybridized carbons (Fsp3) is 0.516. The van der Waals surface area contributed by atoms with E-state index >= 15 is 0 Å². The summed E-state index contributed by atoms with van der Waals surface area (Å²) in [7, 11) is 0. The first-order valence-electron chi connectivity index (χ1n) is 15.0. The number of rotatable bonds is 8. The average molecular weight is 560 g/mol. The number of hydrogen-bond acceptors (Lipinski definition) is 8. The van der Waals surface area contributed by atoms with Gasteiger partial charge in [-0.3, -0.25) is 4.79 Å². The van der Waals surface area contributed by atoms with Crippen molar-refractivity contribution in [3.8, 4) is 11.8 Å². The predicted molar refractivity (Wildman–Crippen MR) is 161 cm³/mol. The summed E-state index contributed by atoms with van der Waals surface area (Å²) in [6.45, 7) is 13.7. The fourth-order valence-corrected chi connectivity index (χ4v) is 6.42. The number of piperazine rings is 1. The van der Waals surface area contributed by atoms with E-state index in [1.165, 1.54) is 38.4 Å². The van der Waals surface area contributed by atoms with Crippen LogP contribution in [-0.4, -0.2) is 94.7 Å². The third kappa shape index (κ3) is 5.98. The zero-order chi connectivity index (χ0) is 28.3. The molecule has 0 saturated carbocycles. The monoisotopic (exact) mass is 559 g/mol. The van der Waals surface area contributed by atoms with E-state index in [2.05, 4.69) is 32.3 Å². The number of phenols is 1. The summed E-state index contributed by atoms with van der Waals surface area (Å²) in [5.74, 6) is 1.15. The molecule has 0 aliphatic carbocycles. The van der Waals surface area contributed by atoms with Gasteiger partial charge in [0.05, 0.1) is 30.0 Å². The second kappa shape index (κ2) is 12.0. The number of likely N-dealkylation sites (tertiary alicyclic amines) is 1. The van der Waals surface area contributed by atoms with Crippen molar-refractivity contribution in [2.45, 2.75) is 45.6 Å². The highest BCUT2D eigenvalue weighted by atomic mass is 16.5. The molecule has 0 bridgehead atoms. The lowest BCUT2D eigenvalue weighted by Crippen LogP contribution is -2.49. The zero-order valence-electron chi connectivity index (χ0n) is 24.1. The van der Waals surface area contributed by atoms with Crippen LogP contribution in [0.25, 0.3) is 10.9 Å². The predicted octanol–water partition coefficient (Wildman–Crippen LogP) is 3.62. The maximum absolute atomic E-state index is 12.2. The number of aromatic nitrogens is 3. The fourth-order valence-electron chi connectivity index (χ4n) is 6.42. The van der Waals surface area contributed by atoms with Crippen LogP contribution >= 0.6 is 0 Å². The number of ether oxygens (including phenoxy) is 1. The summed E-state index contributed by atoms with van der Waals surface area (Å²) in [5.41, 5.74) is 5.15. The Morgan fingerprint density at radius 2 is 1.85 bits per heavy atom. The largest absolute Gasteiger partial charge is 0.508 e. The van der Waals surface area contributed by atoms with E-state index in [1.807, 2.05) is 17.9 Å². The first kappa shape index (κ1) is 27.4. The topological polar surface area (TPSA) is 101 Å². The molecule has 3 aliphatic heterocycles. The minimum Gasteiger partial charge on any atom is -0.508 e. The summed E-state index contributed by atoms with van der Waals surface area (Å²) in [6, 6.07) is 6.11. The molecule has 218 valence electrons. The van der Waals surface area contributed by atoms with Crippen LogP contribution < -0.4 is 14.5 Å². The number of piperidine rings is 1. The summed E-state index contributed by atoms with van der Waals surface area (Å²) in [6.07, 6.45) is 7.02. The second-order valence-corrected chi connectivity index (χ2v) is 11.4. The Labute approximate surface area is 241 Å². The van der Waals surface area contributed by atoms with Gasteiger partial charge >= 0.3 is 6.01 Å². The minimum atomic E-state index is -0.0280. The van der Waals surface area contributed by atoms with E-state index in [0.29, 0.717) is 45.3 Å². The van der Waals surface area contributed by atoms with Crippen LogP contribution in [0.3, 0.4) is 0 Å².